The van der Waals surface area contributed by atoms with E-state index in [1.165, 1.54) is 6.07 Å². The summed E-state index contributed by atoms with van der Waals surface area (Å²) in [5.74, 6) is 0. The summed E-state index contributed by atoms with van der Waals surface area (Å²) in [4.78, 5) is 3.81. The second-order valence-corrected chi connectivity index (χ2v) is 7.07. The lowest BCUT2D eigenvalue weighted by Crippen LogP contribution is -2.13. The minimum Gasteiger partial charge on any atom is -0.276 e. The van der Waals surface area contributed by atoms with Crippen LogP contribution in [0.4, 0.5) is 5.69 Å². The zero-order valence-electron chi connectivity index (χ0n) is 9.15. The number of aryl methyl sites for hydroxylation is 1. The van der Waals surface area contributed by atoms with Gasteiger partial charge in [-0.3, -0.25) is 4.72 Å². The van der Waals surface area contributed by atoms with E-state index >= 15 is 0 Å². The van der Waals surface area contributed by atoms with E-state index in [2.05, 4.69) is 9.71 Å². The van der Waals surface area contributed by atoms with Gasteiger partial charge >= 0.3 is 0 Å². The highest BCUT2D eigenvalue weighted by Crippen LogP contribution is 2.29. The summed E-state index contributed by atoms with van der Waals surface area (Å²) in [6.07, 6.45) is 0. The highest BCUT2D eigenvalue weighted by atomic mass is 35.5. The van der Waals surface area contributed by atoms with Crippen LogP contribution in [0.1, 0.15) is 5.56 Å². The third-order valence-electron chi connectivity index (χ3n) is 2.14. The van der Waals surface area contributed by atoms with E-state index < -0.39 is 10.0 Å². The van der Waals surface area contributed by atoms with Gasteiger partial charge in [0, 0.05) is 0 Å². The van der Waals surface area contributed by atoms with E-state index in [0.717, 1.165) is 11.3 Å². The van der Waals surface area contributed by atoms with Crippen LogP contribution in [0.5, 0.6) is 0 Å². The summed E-state index contributed by atoms with van der Waals surface area (Å²) < 4.78 is 26.7. The van der Waals surface area contributed by atoms with Crippen molar-refractivity contribution in [2.45, 2.75) is 11.1 Å². The molecule has 0 bridgehead atoms. The fourth-order valence-electron chi connectivity index (χ4n) is 1.32. The Hall–Kier alpha value is -0.820. The van der Waals surface area contributed by atoms with Gasteiger partial charge in [-0.1, -0.05) is 29.3 Å². The summed E-state index contributed by atoms with van der Waals surface area (Å²) >= 11 is 12.7. The van der Waals surface area contributed by atoms with Gasteiger partial charge < -0.3 is 0 Å². The number of anilines is 1. The van der Waals surface area contributed by atoms with Crippen LogP contribution in [-0.2, 0) is 10.0 Å². The first-order valence-corrected chi connectivity index (χ1v) is 7.91. The molecule has 0 fully saturated rings. The van der Waals surface area contributed by atoms with E-state index in [1.54, 1.807) is 24.4 Å². The van der Waals surface area contributed by atoms with Crippen molar-refractivity contribution < 1.29 is 8.42 Å². The second-order valence-electron chi connectivity index (χ2n) is 3.47. The summed E-state index contributed by atoms with van der Waals surface area (Å²) in [6.45, 7) is 1.70. The van der Waals surface area contributed by atoms with Gasteiger partial charge in [0.25, 0.3) is 10.0 Å². The normalized spacial score (nSPS) is 11.5. The predicted octanol–water partition coefficient (Wildman–Crippen LogP) is 3.56. The molecule has 2 rings (SSSR count). The van der Waals surface area contributed by atoms with E-state index in [4.69, 9.17) is 23.2 Å². The van der Waals surface area contributed by atoms with Crippen molar-refractivity contribution in [3.8, 4) is 0 Å². The molecule has 1 N–H and O–H groups in total. The highest BCUT2D eigenvalue weighted by Gasteiger charge is 2.18. The minimum absolute atomic E-state index is 0.0279. The standard InChI is InChI=1S/C10H8Cl2N2O2S2/c1-6-5-7(11)13-10(12)9(6)14-18(15,16)8-3-2-4-17-8/h2-5,14H,1H3. The molecule has 8 heteroatoms. The monoisotopic (exact) mass is 322 g/mol. The Kier molecular flexibility index (Phi) is 3.82. The topological polar surface area (TPSA) is 59.1 Å². The Morgan fingerprint density at radius 3 is 2.67 bits per heavy atom. The highest BCUT2D eigenvalue weighted by molar-refractivity contribution is 7.94. The molecule has 0 aliphatic rings. The number of nitrogens with one attached hydrogen (secondary N) is 1. The Bertz CT molecular complexity index is 646. The number of sulfonamides is 1. The number of hydrogen-bond donors (Lipinski definition) is 1. The van der Waals surface area contributed by atoms with Crippen molar-refractivity contribution >= 4 is 50.2 Å². The third-order valence-corrected chi connectivity index (χ3v) is 5.35. The predicted molar refractivity (Wildman–Crippen MR) is 74.1 cm³/mol. The zero-order valence-corrected chi connectivity index (χ0v) is 12.3. The fourth-order valence-corrected chi connectivity index (χ4v) is 4.09. The maximum atomic E-state index is 12.0. The van der Waals surface area contributed by atoms with Gasteiger partial charge in [0.2, 0.25) is 0 Å². The van der Waals surface area contributed by atoms with Crippen molar-refractivity contribution in [1.82, 2.24) is 4.98 Å². The number of rotatable bonds is 3. The number of halogens is 2. The van der Waals surface area contributed by atoms with Crippen LogP contribution >= 0.6 is 34.5 Å². The summed E-state index contributed by atoms with van der Waals surface area (Å²) in [5, 5.41) is 1.93. The molecule has 0 atom stereocenters. The number of hydrogen-bond acceptors (Lipinski definition) is 4. The molecule has 2 heterocycles. The third kappa shape index (κ3) is 2.77. The van der Waals surface area contributed by atoms with Crippen molar-refractivity contribution in [1.29, 1.82) is 0 Å². The first kappa shape index (κ1) is 13.6. The van der Waals surface area contributed by atoms with Crippen LogP contribution in [0.3, 0.4) is 0 Å². The van der Waals surface area contributed by atoms with Gasteiger partial charge in [-0.15, -0.1) is 11.3 Å². The van der Waals surface area contributed by atoms with Crippen LogP contribution in [0, 0.1) is 6.92 Å². The lowest BCUT2D eigenvalue weighted by molar-refractivity contribution is 0.603. The molecule has 0 radical (unpaired) electrons. The Labute approximate surface area is 119 Å². The van der Waals surface area contributed by atoms with Gasteiger partial charge in [-0.2, -0.15) is 0 Å². The van der Waals surface area contributed by atoms with Gasteiger partial charge in [-0.05, 0) is 30.0 Å². The second kappa shape index (κ2) is 5.05. The van der Waals surface area contributed by atoms with E-state index in [9.17, 15) is 8.42 Å². The molecule has 0 aliphatic heterocycles. The molecule has 2 aromatic rings. The van der Waals surface area contributed by atoms with Gasteiger partial charge in [0.1, 0.15) is 9.36 Å². The molecule has 0 unspecified atom stereocenters. The maximum absolute atomic E-state index is 12.0. The SMILES string of the molecule is Cc1cc(Cl)nc(Cl)c1NS(=O)(=O)c1cccs1. The molecule has 0 saturated heterocycles. The van der Waals surface area contributed by atoms with Crippen molar-refractivity contribution in [3.63, 3.8) is 0 Å². The molecule has 0 amide bonds. The van der Waals surface area contributed by atoms with Crippen LogP contribution in [-0.4, -0.2) is 13.4 Å². The minimum atomic E-state index is -3.63. The number of pyridine rings is 1. The number of nitrogens with zero attached hydrogens (tertiary/aromatic N) is 1. The van der Waals surface area contributed by atoms with Gasteiger partial charge in [0.05, 0.1) is 5.69 Å². The molecular formula is C10H8Cl2N2O2S2. The van der Waals surface area contributed by atoms with Crippen LogP contribution in [0.2, 0.25) is 10.3 Å². The quantitative estimate of drug-likeness (QED) is 0.879. The summed E-state index contributed by atoms with van der Waals surface area (Å²) in [5.41, 5.74) is 0.856. The molecular weight excluding hydrogens is 315 g/mol. The molecule has 2 aromatic heterocycles. The molecule has 96 valence electrons. The fraction of sp³-hybridized carbons (Fsp3) is 0.100. The lowest BCUT2D eigenvalue weighted by atomic mass is 10.3. The average molecular weight is 323 g/mol. The Morgan fingerprint density at radius 1 is 1.39 bits per heavy atom. The van der Waals surface area contributed by atoms with Crippen molar-refractivity contribution in [2.75, 3.05) is 4.72 Å². The lowest BCUT2D eigenvalue weighted by Gasteiger charge is -2.10. The Balaban J connectivity index is 2.42. The molecule has 0 aromatic carbocycles. The van der Waals surface area contributed by atoms with Gasteiger partial charge in [-0.25, -0.2) is 13.4 Å². The first-order chi connectivity index (χ1) is 8.40. The van der Waals surface area contributed by atoms with E-state index in [0.29, 0.717) is 5.56 Å². The van der Waals surface area contributed by atoms with Crippen LogP contribution < -0.4 is 4.72 Å². The number of aromatic nitrogens is 1. The first-order valence-electron chi connectivity index (χ1n) is 4.79. The molecule has 18 heavy (non-hydrogen) atoms. The number of thiophene rings is 1. The average Bonchev–Trinajstić information content (AvgIpc) is 2.77. The maximum Gasteiger partial charge on any atom is 0.271 e. The van der Waals surface area contributed by atoms with Crippen LogP contribution in [0.15, 0.2) is 27.8 Å². The zero-order chi connectivity index (χ0) is 13.3. The van der Waals surface area contributed by atoms with Crippen molar-refractivity contribution in [2.24, 2.45) is 0 Å². The molecule has 0 spiro atoms. The molecule has 4 nitrogen and oxygen atoms in total. The van der Waals surface area contributed by atoms with E-state index in [1.807, 2.05) is 0 Å². The Morgan fingerprint density at radius 2 is 2.11 bits per heavy atom. The molecule has 0 aliphatic carbocycles. The van der Waals surface area contributed by atoms with E-state index in [-0.39, 0.29) is 20.2 Å². The van der Waals surface area contributed by atoms with Crippen molar-refractivity contribution in [3.05, 3.63) is 39.4 Å². The summed E-state index contributed by atoms with van der Waals surface area (Å²) in [6, 6.07) is 4.72. The van der Waals surface area contributed by atoms with Crippen LogP contribution in [0.25, 0.3) is 0 Å². The summed E-state index contributed by atoms with van der Waals surface area (Å²) in [7, 11) is -3.63. The molecule has 0 saturated carbocycles. The van der Waals surface area contributed by atoms with Gasteiger partial charge in [0.15, 0.2) is 5.15 Å². The largest absolute Gasteiger partial charge is 0.276 e. The smallest absolute Gasteiger partial charge is 0.271 e.